The van der Waals surface area contributed by atoms with Gasteiger partial charge < -0.3 is 9.47 Å². The van der Waals surface area contributed by atoms with Gasteiger partial charge in [-0.15, -0.1) is 0 Å². The van der Waals surface area contributed by atoms with Crippen LogP contribution in [0.1, 0.15) is 54.1 Å². The predicted molar refractivity (Wildman–Crippen MR) is 189 cm³/mol. The zero-order valence-corrected chi connectivity index (χ0v) is 26.9. The fourth-order valence-electron chi connectivity index (χ4n) is 7.13. The van der Waals surface area contributed by atoms with Gasteiger partial charge in [-0.25, -0.2) is 0 Å². The summed E-state index contributed by atoms with van der Waals surface area (Å²) in [4.78, 5) is 38.2. The first-order chi connectivity index (χ1) is 23.4. The Morgan fingerprint density at radius 3 is 1.40 bits per heavy atom. The maximum absolute atomic E-state index is 14.8. The van der Waals surface area contributed by atoms with Gasteiger partial charge in [0, 0.05) is 46.7 Å². The Balaban J connectivity index is 1.50. The first-order valence-corrected chi connectivity index (χ1v) is 15.7. The molecule has 0 unspecified atom stereocenters. The summed E-state index contributed by atoms with van der Waals surface area (Å²) in [7, 11) is 3.14. The number of aryl methyl sites for hydroxylation is 2. The number of carbonyl (C=O) groups is 2. The Morgan fingerprint density at radius 1 is 0.542 bits per heavy atom. The van der Waals surface area contributed by atoms with Crippen LogP contribution < -0.4 is 9.47 Å². The van der Waals surface area contributed by atoms with Gasteiger partial charge in [0.25, 0.3) is 0 Å². The highest BCUT2D eigenvalue weighted by molar-refractivity contribution is 6.28. The third-order valence-electron chi connectivity index (χ3n) is 9.27. The number of rotatable bonds is 4. The fourth-order valence-corrected chi connectivity index (χ4v) is 7.13. The lowest BCUT2D eigenvalue weighted by molar-refractivity contribution is 0.1000. The van der Waals surface area contributed by atoms with Crippen molar-refractivity contribution in [3.05, 3.63) is 165 Å². The van der Waals surface area contributed by atoms with Crippen molar-refractivity contribution < 1.29 is 19.1 Å². The first-order valence-electron chi connectivity index (χ1n) is 15.7. The Bertz CT molecular complexity index is 2300. The second-order valence-corrected chi connectivity index (χ2v) is 12.2. The van der Waals surface area contributed by atoms with E-state index in [0.717, 1.165) is 66.1 Å². The van der Waals surface area contributed by atoms with Gasteiger partial charge in [0.2, 0.25) is 0 Å². The van der Waals surface area contributed by atoms with Crippen LogP contribution in [0.2, 0.25) is 0 Å². The molecule has 6 heteroatoms. The van der Waals surface area contributed by atoms with E-state index in [2.05, 4.69) is 9.97 Å². The summed E-state index contributed by atoms with van der Waals surface area (Å²) in [5, 5.41) is 3.92. The van der Waals surface area contributed by atoms with E-state index in [9.17, 15) is 9.59 Å². The lowest BCUT2D eigenvalue weighted by Gasteiger charge is -2.27. The Kier molecular flexibility index (Phi) is 6.88. The second-order valence-electron chi connectivity index (χ2n) is 12.2. The highest BCUT2D eigenvalue weighted by Crippen LogP contribution is 2.46. The molecule has 0 saturated heterocycles. The Labute approximate surface area is 277 Å². The van der Waals surface area contributed by atoms with Gasteiger partial charge in [-0.3, -0.25) is 19.6 Å². The fraction of sp³-hybridized carbons (Fsp3) is 0.0952. The van der Waals surface area contributed by atoms with Gasteiger partial charge in [-0.2, -0.15) is 0 Å². The van der Waals surface area contributed by atoms with E-state index in [1.165, 1.54) is 0 Å². The number of methoxy groups -OCH3 is 2. The van der Waals surface area contributed by atoms with Crippen molar-refractivity contribution in [1.82, 2.24) is 9.97 Å². The smallest absolute Gasteiger partial charge is 0.198 e. The van der Waals surface area contributed by atoms with E-state index < -0.39 is 0 Å². The molecule has 0 aliphatic heterocycles. The summed E-state index contributed by atoms with van der Waals surface area (Å²) in [6.07, 6.45) is 10.9. The molecule has 6 aromatic rings. The molecule has 0 bridgehead atoms. The van der Waals surface area contributed by atoms with E-state index >= 15 is 0 Å². The van der Waals surface area contributed by atoms with Gasteiger partial charge in [0.05, 0.1) is 25.3 Å². The minimum absolute atomic E-state index is 0.275. The van der Waals surface area contributed by atoms with Crippen molar-refractivity contribution in [2.24, 2.45) is 0 Å². The van der Waals surface area contributed by atoms with E-state index in [-0.39, 0.29) is 11.6 Å². The van der Waals surface area contributed by atoms with Crippen LogP contribution in [0.3, 0.4) is 0 Å². The van der Waals surface area contributed by atoms with Gasteiger partial charge in [0.15, 0.2) is 11.6 Å². The molecular formula is C42H30N2O4. The van der Waals surface area contributed by atoms with Crippen LogP contribution in [-0.2, 0) is 0 Å². The topological polar surface area (TPSA) is 78.4 Å². The van der Waals surface area contributed by atoms with Gasteiger partial charge in [0.1, 0.15) is 11.5 Å². The zero-order chi connectivity index (χ0) is 33.1. The van der Waals surface area contributed by atoms with Gasteiger partial charge >= 0.3 is 0 Å². The number of benzene rings is 4. The van der Waals surface area contributed by atoms with E-state index in [1.54, 1.807) is 26.6 Å². The lowest BCUT2D eigenvalue weighted by Crippen LogP contribution is -2.21. The van der Waals surface area contributed by atoms with Crippen LogP contribution in [0, 0.1) is 13.8 Å². The number of fused-ring (bicyclic) bond motifs is 4. The zero-order valence-electron chi connectivity index (χ0n) is 26.9. The summed E-state index contributed by atoms with van der Waals surface area (Å²) >= 11 is 0. The molecule has 0 fully saturated rings. The number of nitrogens with zero attached hydrogens (tertiary/aromatic N) is 2. The predicted octanol–water partition coefficient (Wildman–Crippen LogP) is 8.67. The molecule has 0 amide bonds. The molecule has 2 aliphatic carbocycles. The van der Waals surface area contributed by atoms with Crippen molar-refractivity contribution in [1.29, 1.82) is 0 Å². The number of Topliss-reactive ketones (excluding diaryl/α,β-unsaturated/α-hetero) is 2. The number of allylic oxidation sites excluding steroid dienone is 4. The number of ketones is 2. The third kappa shape index (κ3) is 4.48. The van der Waals surface area contributed by atoms with Crippen LogP contribution >= 0.6 is 0 Å². The molecule has 0 radical (unpaired) electrons. The van der Waals surface area contributed by atoms with Crippen LogP contribution in [-0.4, -0.2) is 35.8 Å². The van der Waals surface area contributed by atoms with Crippen molar-refractivity contribution in [3.63, 3.8) is 0 Å². The molecule has 2 aromatic heterocycles. The van der Waals surface area contributed by atoms with E-state index in [0.29, 0.717) is 33.8 Å². The number of hydrogen-bond donors (Lipinski definition) is 0. The molecule has 0 atom stereocenters. The third-order valence-corrected chi connectivity index (χ3v) is 9.27. The quantitative estimate of drug-likeness (QED) is 0.182. The maximum atomic E-state index is 14.8. The molecule has 8 rings (SSSR count). The number of ether oxygens (including phenoxy) is 2. The summed E-state index contributed by atoms with van der Waals surface area (Å²) in [5.74, 6) is 0.373. The van der Waals surface area contributed by atoms with Crippen LogP contribution in [0.15, 0.2) is 121 Å². The van der Waals surface area contributed by atoms with E-state index in [4.69, 9.17) is 9.47 Å². The van der Waals surface area contributed by atoms with Crippen molar-refractivity contribution >= 4 is 44.3 Å². The maximum Gasteiger partial charge on any atom is 0.198 e. The Hall–Kier alpha value is -6.14. The highest BCUT2D eigenvalue weighted by atomic mass is 16.5. The monoisotopic (exact) mass is 626 g/mol. The Morgan fingerprint density at radius 2 is 0.979 bits per heavy atom. The molecule has 232 valence electrons. The highest BCUT2D eigenvalue weighted by Gasteiger charge is 2.35. The largest absolute Gasteiger partial charge is 0.496 e. The molecule has 0 spiro atoms. The average molecular weight is 627 g/mol. The minimum Gasteiger partial charge on any atom is -0.496 e. The summed E-state index contributed by atoms with van der Waals surface area (Å²) < 4.78 is 11.7. The van der Waals surface area contributed by atoms with Gasteiger partial charge in [-0.1, -0.05) is 48.5 Å². The second kappa shape index (κ2) is 11.3. The van der Waals surface area contributed by atoms with Crippen LogP contribution in [0.25, 0.3) is 32.7 Å². The molecule has 0 saturated carbocycles. The van der Waals surface area contributed by atoms with Crippen molar-refractivity contribution in [3.8, 4) is 11.5 Å². The first kappa shape index (κ1) is 29.3. The van der Waals surface area contributed by atoms with Crippen molar-refractivity contribution in [2.45, 2.75) is 13.8 Å². The standard InChI is InChI=1S/C42H30N2O4/c1-23-15-33-31(29-9-5-7-25-21-43-13-11-27(25)29)19-35(41(45)39(33)37(17-23)47-3)36-20-32(30-10-6-8-26-22-44-14-12-28(26)30)34-16-24(2)18-38(48-4)40(34)42(36)46/h5-22H,1-4H3/b36-35-. The lowest BCUT2D eigenvalue weighted by atomic mass is 9.76. The summed E-state index contributed by atoms with van der Waals surface area (Å²) in [6, 6.07) is 23.8. The van der Waals surface area contributed by atoms with Gasteiger partial charge in [-0.05, 0) is 106 Å². The summed E-state index contributed by atoms with van der Waals surface area (Å²) in [5.41, 5.74) is 8.38. The number of aromatic nitrogens is 2. The molecule has 2 aliphatic rings. The summed E-state index contributed by atoms with van der Waals surface area (Å²) in [6.45, 7) is 3.97. The SMILES string of the molecule is COc1cc(C)cc2c1C(=O)/C(=C1/C=C(c3cccc4cnccc34)c3cc(C)cc(OC)c3C1=O)C=C2c1cccc2cnccc12. The number of hydrogen-bond acceptors (Lipinski definition) is 6. The van der Waals surface area contributed by atoms with Crippen LogP contribution in [0.4, 0.5) is 0 Å². The number of carbonyl (C=O) groups excluding carboxylic acids is 2. The number of pyridine rings is 2. The van der Waals surface area contributed by atoms with E-state index in [1.807, 2.05) is 111 Å². The molecule has 6 nitrogen and oxygen atoms in total. The van der Waals surface area contributed by atoms with Crippen LogP contribution in [0.5, 0.6) is 11.5 Å². The van der Waals surface area contributed by atoms with Crippen molar-refractivity contribution in [2.75, 3.05) is 14.2 Å². The normalized spacial score (nSPS) is 15.6. The molecule has 0 N–H and O–H groups in total. The molecule has 2 heterocycles. The molecule has 48 heavy (non-hydrogen) atoms. The molecule has 4 aromatic carbocycles. The molecular weight excluding hydrogens is 596 g/mol. The average Bonchev–Trinajstić information content (AvgIpc) is 3.11. The minimum atomic E-state index is -0.275.